The van der Waals surface area contributed by atoms with Gasteiger partial charge in [0.1, 0.15) is 22.6 Å². The number of para-hydroxylation sites is 1. The van der Waals surface area contributed by atoms with Crippen molar-refractivity contribution >= 4 is 17.0 Å². The quantitative estimate of drug-likeness (QED) is 0.722. The molecular formula is C21H23N3O4. The topological polar surface area (TPSA) is 93.5 Å². The molecule has 1 heterocycles. The van der Waals surface area contributed by atoms with Gasteiger partial charge in [0.2, 0.25) is 0 Å². The number of hydrogen-bond acceptors (Lipinski definition) is 5. The Labute approximate surface area is 162 Å². The average molecular weight is 381 g/mol. The van der Waals surface area contributed by atoms with Gasteiger partial charge in [-0.05, 0) is 52.0 Å². The van der Waals surface area contributed by atoms with Gasteiger partial charge in [0, 0.05) is 0 Å². The van der Waals surface area contributed by atoms with Crippen molar-refractivity contribution in [3.05, 3.63) is 64.7 Å². The van der Waals surface area contributed by atoms with Crippen molar-refractivity contribution in [1.29, 1.82) is 0 Å². The van der Waals surface area contributed by atoms with Gasteiger partial charge in [-0.15, -0.1) is 0 Å². The summed E-state index contributed by atoms with van der Waals surface area (Å²) in [5.74, 6) is 0.194. The second-order valence-electron chi connectivity index (χ2n) is 7.49. The van der Waals surface area contributed by atoms with E-state index in [1.165, 1.54) is 10.6 Å². The number of phenols is 1. The molecule has 0 saturated carbocycles. The highest BCUT2D eigenvalue weighted by atomic mass is 16.6. The normalized spacial score (nSPS) is 12.6. The zero-order chi connectivity index (χ0) is 20.5. The number of nitrogens with zero attached hydrogens (tertiary/aromatic N) is 2. The highest BCUT2D eigenvalue weighted by Gasteiger charge is 2.23. The number of rotatable bonds is 3. The predicted octanol–water partition coefficient (Wildman–Crippen LogP) is 3.68. The van der Waals surface area contributed by atoms with E-state index in [-0.39, 0.29) is 11.1 Å². The second kappa shape index (κ2) is 7.34. The van der Waals surface area contributed by atoms with Crippen LogP contribution in [-0.2, 0) is 4.74 Å². The second-order valence-corrected chi connectivity index (χ2v) is 7.49. The minimum absolute atomic E-state index is 0.125. The molecule has 2 N–H and O–H groups in total. The van der Waals surface area contributed by atoms with Gasteiger partial charge in [-0.2, -0.15) is 0 Å². The molecule has 0 radical (unpaired) electrons. The molecule has 7 nitrogen and oxygen atoms in total. The fourth-order valence-electron chi connectivity index (χ4n) is 2.90. The van der Waals surface area contributed by atoms with Crippen LogP contribution in [0.5, 0.6) is 5.75 Å². The first kappa shape index (κ1) is 19.4. The third-order valence-corrected chi connectivity index (χ3v) is 4.04. The summed E-state index contributed by atoms with van der Waals surface area (Å²) in [5, 5.41) is 13.0. The highest BCUT2D eigenvalue weighted by Crippen LogP contribution is 2.23. The van der Waals surface area contributed by atoms with Gasteiger partial charge in [0.25, 0.3) is 5.56 Å². The first-order valence-corrected chi connectivity index (χ1v) is 8.97. The van der Waals surface area contributed by atoms with E-state index in [1.54, 1.807) is 64.1 Å². The number of aromatic hydroxyl groups is 1. The smallest absolute Gasteiger partial charge is 0.408 e. The molecule has 2 aromatic carbocycles. The van der Waals surface area contributed by atoms with E-state index in [0.717, 1.165) is 0 Å². The van der Waals surface area contributed by atoms with Crippen molar-refractivity contribution in [2.75, 3.05) is 0 Å². The van der Waals surface area contributed by atoms with Gasteiger partial charge in [-0.1, -0.05) is 24.3 Å². The maximum absolute atomic E-state index is 13.2. The summed E-state index contributed by atoms with van der Waals surface area (Å²) in [6.45, 7) is 7.04. The molecule has 0 aliphatic carbocycles. The number of carbonyl (C=O) groups is 1. The number of aromatic nitrogens is 2. The Kier molecular flexibility index (Phi) is 5.09. The first-order chi connectivity index (χ1) is 13.2. The van der Waals surface area contributed by atoms with E-state index in [2.05, 4.69) is 10.3 Å². The number of carbonyl (C=O) groups excluding carboxylic acids is 1. The Morgan fingerprint density at radius 1 is 1.14 bits per heavy atom. The van der Waals surface area contributed by atoms with Crippen LogP contribution in [0, 0.1) is 0 Å². The maximum atomic E-state index is 13.2. The lowest BCUT2D eigenvalue weighted by Crippen LogP contribution is -2.36. The van der Waals surface area contributed by atoms with E-state index < -0.39 is 23.3 Å². The summed E-state index contributed by atoms with van der Waals surface area (Å²) >= 11 is 0. The largest absolute Gasteiger partial charge is 0.507 e. The SMILES string of the molecule is CC(NC(=O)OC(C)(C)C)c1nc2cccc(O)c2c(=O)n1-c1ccccc1. The third kappa shape index (κ3) is 3.98. The van der Waals surface area contributed by atoms with Crippen LogP contribution in [0.1, 0.15) is 39.6 Å². The van der Waals surface area contributed by atoms with Gasteiger partial charge in [-0.3, -0.25) is 9.36 Å². The number of fused-ring (bicyclic) bond motifs is 1. The molecule has 7 heteroatoms. The molecule has 3 aromatic rings. The Balaban J connectivity index is 2.15. The molecule has 0 bridgehead atoms. The molecule has 1 unspecified atom stereocenters. The van der Waals surface area contributed by atoms with E-state index >= 15 is 0 Å². The lowest BCUT2D eigenvalue weighted by molar-refractivity contribution is 0.0505. The Morgan fingerprint density at radius 3 is 2.46 bits per heavy atom. The third-order valence-electron chi connectivity index (χ3n) is 4.04. The molecule has 3 rings (SSSR count). The molecule has 146 valence electrons. The summed E-state index contributed by atoms with van der Waals surface area (Å²) < 4.78 is 6.70. The number of benzene rings is 2. The van der Waals surface area contributed by atoms with E-state index in [0.29, 0.717) is 17.0 Å². The first-order valence-electron chi connectivity index (χ1n) is 8.97. The standard InChI is InChI=1S/C21H23N3O4/c1-13(22-20(27)28-21(2,3)4)18-23-15-11-8-12-16(25)17(15)19(26)24(18)14-9-6-5-7-10-14/h5-13,25H,1-4H3,(H,22,27). The van der Waals surface area contributed by atoms with Crippen molar-refractivity contribution in [1.82, 2.24) is 14.9 Å². The molecular weight excluding hydrogens is 358 g/mol. The van der Waals surface area contributed by atoms with Gasteiger partial charge >= 0.3 is 6.09 Å². The van der Waals surface area contributed by atoms with Crippen molar-refractivity contribution in [2.45, 2.75) is 39.3 Å². The molecule has 28 heavy (non-hydrogen) atoms. The zero-order valence-electron chi connectivity index (χ0n) is 16.3. The van der Waals surface area contributed by atoms with Gasteiger partial charge in [0.05, 0.1) is 17.2 Å². The molecule has 0 saturated heterocycles. The van der Waals surface area contributed by atoms with Crippen LogP contribution in [0.2, 0.25) is 0 Å². The number of ether oxygens (including phenoxy) is 1. The van der Waals surface area contributed by atoms with E-state index in [9.17, 15) is 14.7 Å². The number of phenolic OH excluding ortho intramolecular Hbond substituents is 1. The van der Waals surface area contributed by atoms with Gasteiger partial charge < -0.3 is 15.2 Å². The minimum atomic E-state index is -0.647. The van der Waals surface area contributed by atoms with Crippen LogP contribution in [0.15, 0.2) is 53.3 Å². The summed E-state index contributed by atoms with van der Waals surface area (Å²) in [5.41, 5.74) is -0.129. The molecule has 0 spiro atoms. The van der Waals surface area contributed by atoms with Crippen LogP contribution in [0.25, 0.3) is 16.6 Å². The Hall–Kier alpha value is -3.35. The minimum Gasteiger partial charge on any atom is -0.507 e. The fourth-order valence-corrected chi connectivity index (χ4v) is 2.90. The van der Waals surface area contributed by atoms with E-state index in [4.69, 9.17) is 4.74 Å². The maximum Gasteiger partial charge on any atom is 0.408 e. The zero-order valence-corrected chi connectivity index (χ0v) is 16.3. The number of nitrogens with one attached hydrogen (secondary N) is 1. The molecule has 0 aliphatic heterocycles. The molecule has 1 aromatic heterocycles. The summed E-state index contributed by atoms with van der Waals surface area (Å²) in [6.07, 6.45) is -0.607. The number of amides is 1. The highest BCUT2D eigenvalue weighted by molar-refractivity contribution is 5.84. The van der Waals surface area contributed by atoms with Crippen molar-refractivity contribution in [2.24, 2.45) is 0 Å². The summed E-state index contributed by atoms with van der Waals surface area (Å²) in [6, 6.07) is 13.1. The lowest BCUT2D eigenvalue weighted by atomic mass is 10.2. The van der Waals surface area contributed by atoms with Gasteiger partial charge in [0.15, 0.2) is 0 Å². The fraction of sp³-hybridized carbons (Fsp3) is 0.286. The molecule has 0 fully saturated rings. The summed E-state index contributed by atoms with van der Waals surface area (Å²) in [7, 11) is 0. The Morgan fingerprint density at radius 2 is 1.82 bits per heavy atom. The lowest BCUT2D eigenvalue weighted by Gasteiger charge is -2.23. The van der Waals surface area contributed by atoms with Crippen LogP contribution < -0.4 is 10.9 Å². The molecule has 1 amide bonds. The van der Waals surface area contributed by atoms with Crippen molar-refractivity contribution in [3.63, 3.8) is 0 Å². The van der Waals surface area contributed by atoms with Crippen molar-refractivity contribution in [3.8, 4) is 11.4 Å². The van der Waals surface area contributed by atoms with Crippen LogP contribution in [0.4, 0.5) is 4.79 Å². The molecule has 1 atom stereocenters. The monoisotopic (exact) mass is 381 g/mol. The summed E-state index contributed by atoms with van der Waals surface area (Å²) in [4.78, 5) is 30.0. The van der Waals surface area contributed by atoms with Crippen LogP contribution >= 0.6 is 0 Å². The van der Waals surface area contributed by atoms with Gasteiger partial charge in [-0.25, -0.2) is 9.78 Å². The van der Waals surface area contributed by atoms with E-state index in [1.807, 2.05) is 6.07 Å². The molecule has 0 aliphatic rings. The van der Waals surface area contributed by atoms with Crippen molar-refractivity contribution < 1.29 is 14.6 Å². The number of hydrogen-bond donors (Lipinski definition) is 2. The number of alkyl carbamates (subject to hydrolysis) is 1. The predicted molar refractivity (Wildman–Crippen MR) is 107 cm³/mol. The van der Waals surface area contributed by atoms with Crippen LogP contribution in [0.3, 0.4) is 0 Å². The Bertz CT molecular complexity index is 1070. The average Bonchev–Trinajstić information content (AvgIpc) is 2.60. The van der Waals surface area contributed by atoms with Crippen LogP contribution in [-0.4, -0.2) is 26.4 Å².